The van der Waals surface area contributed by atoms with Crippen LogP contribution in [0.2, 0.25) is 0 Å². The number of hydrogen-bond donors (Lipinski definition) is 1. The van der Waals surface area contributed by atoms with E-state index >= 15 is 0 Å². The maximum Gasteiger partial charge on any atom is 0.451 e. The zero-order valence-corrected chi connectivity index (χ0v) is 14.5. The molecule has 0 saturated carbocycles. The standard InChI is InChI=1S/C19H13F3N4O2/c1-11-4-2-7-14-16(11)24-18(19(20,21)22)26(17(14)28)25-15(27)9-12-5-3-6-13(8-12)10-23/h2-8H,9H2,1H3,(H,25,27). The molecule has 0 aliphatic rings. The Morgan fingerprint density at radius 2 is 1.96 bits per heavy atom. The van der Waals surface area contributed by atoms with Crippen LogP contribution < -0.4 is 11.0 Å². The highest BCUT2D eigenvalue weighted by molar-refractivity contribution is 5.87. The predicted octanol–water partition coefficient (Wildman–Crippen LogP) is 2.91. The summed E-state index contributed by atoms with van der Waals surface area (Å²) in [5, 5.41) is 8.85. The van der Waals surface area contributed by atoms with Crippen molar-refractivity contribution in [3.8, 4) is 6.07 Å². The van der Waals surface area contributed by atoms with Crippen molar-refractivity contribution in [1.82, 2.24) is 9.66 Å². The van der Waals surface area contributed by atoms with Gasteiger partial charge in [-0.3, -0.25) is 15.0 Å². The minimum Gasteiger partial charge on any atom is -0.273 e. The summed E-state index contributed by atoms with van der Waals surface area (Å²) in [5.41, 5.74) is 2.01. The molecule has 0 aliphatic heterocycles. The van der Waals surface area contributed by atoms with Gasteiger partial charge in [0.2, 0.25) is 11.7 Å². The van der Waals surface area contributed by atoms with Crippen LogP contribution in [0.25, 0.3) is 10.9 Å². The lowest BCUT2D eigenvalue weighted by Crippen LogP contribution is -2.39. The first-order chi connectivity index (χ1) is 13.2. The summed E-state index contributed by atoms with van der Waals surface area (Å²) in [5.74, 6) is -2.37. The normalized spacial score (nSPS) is 11.2. The third-order valence-corrected chi connectivity index (χ3v) is 4.01. The van der Waals surface area contributed by atoms with Crippen molar-refractivity contribution in [2.45, 2.75) is 19.5 Å². The number of rotatable bonds is 3. The number of nitrogens with one attached hydrogen (secondary N) is 1. The Kier molecular flexibility index (Phi) is 4.88. The number of aromatic nitrogens is 2. The molecule has 0 fully saturated rings. The number of fused-ring (bicyclic) bond motifs is 1. The number of benzene rings is 2. The Balaban J connectivity index is 2.04. The second kappa shape index (κ2) is 7.15. The third-order valence-electron chi connectivity index (χ3n) is 4.01. The summed E-state index contributed by atoms with van der Waals surface area (Å²) < 4.78 is 40.5. The summed E-state index contributed by atoms with van der Waals surface area (Å²) >= 11 is 0. The quantitative estimate of drug-likeness (QED) is 0.750. The number of carbonyl (C=O) groups is 1. The molecule has 9 heteroatoms. The van der Waals surface area contributed by atoms with Crippen molar-refractivity contribution in [3.05, 3.63) is 75.3 Å². The molecule has 0 spiro atoms. The molecule has 6 nitrogen and oxygen atoms in total. The summed E-state index contributed by atoms with van der Waals surface area (Å²) in [4.78, 5) is 28.4. The number of nitrogens with zero attached hydrogens (tertiary/aromatic N) is 3. The second-order valence-corrected chi connectivity index (χ2v) is 6.07. The number of amides is 1. The average molecular weight is 386 g/mol. The van der Waals surface area contributed by atoms with E-state index in [4.69, 9.17) is 5.26 Å². The number of nitriles is 1. The molecular weight excluding hydrogens is 373 g/mol. The summed E-state index contributed by atoms with van der Waals surface area (Å²) in [6.07, 6.45) is -5.27. The molecule has 2 aromatic carbocycles. The van der Waals surface area contributed by atoms with E-state index in [1.807, 2.05) is 11.5 Å². The van der Waals surface area contributed by atoms with Crippen LogP contribution in [0.1, 0.15) is 22.5 Å². The molecule has 1 N–H and O–H groups in total. The van der Waals surface area contributed by atoms with Gasteiger partial charge in [0.1, 0.15) is 0 Å². The molecule has 142 valence electrons. The molecule has 28 heavy (non-hydrogen) atoms. The topological polar surface area (TPSA) is 87.8 Å². The van der Waals surface area contributed by atoms with Gasteiger partial charge in [0.25, 0.3) is 5.56 Å². The average Bonchev–Trinajstić information content (AvgIpc) is 2.63. The molecule has 0 radical (unpaired) electrons. The fourth-order valence-electron chi connectivity index (χ4n) is 2.75. The minimum atomic E-state index is -4.95. The van der Waals surface area contributed by atoms with Crippen LogP contribution >= 0.6 is 0 Å². The van der Waals surface area contributed by atoms with Crippen LogP contribution in [0.3, 0.4) is 0 Å². The Bertz CT molecular complexity index is 1180. The Hall–Kier alpha value is -3.67. The van der Waals surface area contributed by atoms with Crippen LogP contribution in [0.4, 0.5) is 13.2 Å². The molecule has 1 heterocycles. The molecule has 0 aliphatic carbocycles. The van der Waals surface area contributed by atoms with Gasteiger partial charge in [-0.25, -0.2) is 4.98 Å². The van der Waals surface area contributed by atoms with Gasteiger partial charge >= 0.3 is 6.18 Å². The van der Waals surface area contributed by atoms with E-state index in [0.717, 1.165) is 0 Å². The number of para-hydroxylation sites is 1. The summed E-state index contributed by atoms with van der Waals surface area (Å²) in [6, 6.07) is 12.4. The summed E-state index contributed by atoms with van der Waals surface area (Å²) in [7, 11) is 0. The second-order valence-electron chi connectivity index (χ2n) is 6.07. The lowest BCUT2D eigenvalue weighted by atomic mass is 10.1. The van der Waals surface area contributed by atoms with E-state index in [2.05, 4.69) is 4.98 Å². The molecule has 3 rings (SSSR count). The smallest absolute Gasteiger partial charge is 0.273 e. The van der Waals surface area contributed by atoms with Gasteiger partial charge in [-0.15, -0.1) is 0 Å². The predicted molar refractivity (Wildman–Crippen MR) is 95.0 cm³/mol. The first-order valence-electron chi connectivity index (χ1n) is 8.09. The van der Waals surface area contributed by atoms with Crippen molar-refractivity contribution in [3.63, 3.8) is 0 Å². The Morgan fingerprint density at radius 1 is 1.25 bits per heavy atom. The van der Waals surface area contributed by atoms with Crippen molar-refractivity contribution in [2.75, 3.05) is 5.43 Å². The molecule has 0 atom stereocenters. The SMILES string of the molecule is Cc1cccc2c(=O)n(NC(=O)Cc3cccc(C#N)c3)c(C(F)(F)F)nc12. The zero-order valence-electron chi connectivity index (χ0n) is 14.5. The van der Waals surface area contributed by atoms with E-state index < -0.39 is 23.5 Å². The molecular formula is C19H13F3N4O2. The van der Waals surface area contributed by atoms with Gasteiger partial charge in [-0.2, -0.15) is 23.1 Å². The lowest BCUT2D eigenvalue weighted by Gasteiger charge is -2.16. The van der Waals surface area contributed by atoms with E-state index in [-0.39, 0.29) is 22.0 Å². The Labute approximate surface area is 156 Å². The minimum absolute atomic E-state index is 0.0419. The first kappa shape index (κ1) is 19.1. The number of halogens is 3. The summed E-state index contributed by atoms with van der Waals surface area (Å²) in [6.45, 7) is 1.54. The molecule has 1 aromatic heterocycles. The van der Waals surface area contributed by atoms with Gasteiger partial charge in [0.05, 0.1) is 29.0 Å². The number of carbonyl (C=O) groups excluding carboxylic acids is 1. The number of aryl methyl sites for hydroxylation is 1. The fourth-order valence-corrected chi connectivity index (χ4v) is 2.75. The van der Waals surface area contributed by atoms with E-state index in [1.54, 1.807) is 25.1 Å². The van der Waals surface area contributed by atoms with Crippen molar-refractivity contribution >= 4 is 16.8 Å². The van der Waals surface area contributed by atoms with Gasteiger partial charge in [0, 0.05) is 0 Å². The van der Waals surface area contributed by atoms with E-state index in [0.29, 0.717) is 16.7 Å². The van der Waals surface area contributed by atoms with E-state index in [1.165, 1.54) is 24.3 Å². The highest BCUT2D eigenvalue weighted by Crippen LogP contribution is 2.28. The van der Waals surface area contributed by atoms with Crippen LogP contribution in [0.15, 0.2) is 47.3 Å². The van der Waals surface area contributed by atoms with Crippen LogP contribution in [-0.4, -0.2) is 15.6 Å². The van der Waals surface area contributed by atoms with E-state index in [9.17, 15) is 22.8 Å². The van der Waals surface area contributed by atoms with Gasteiger partial charge < -0.3 is 0 Å². The molecule has 0 saturated heterocycles. The number of alkyl halides is 3. The van der Waals surface area contributed by atoms with Crippen LogP contribution in [0.5, 0.6) is 0 Å². The van der Waals surface area contributed by atoms with Crippen LogP contribution in [0, 0.1) is 18.3 Å². The largest absolute Gasteiger partial charge is 0.451 e. The zero-order chi connectivity index (χ0) is 20.5. The maximum atomic E-state index is 13.5. The van der Waals surface area contributed by atoms with Crippen molar-refractivity contribution in [1.29, 1.82) is 5.26 Å². The highest BCUT2D eigenvalue weighted by atomic mass is 19.4. The van der Waals surface area contributed by atoms with Crippen molar-refractivity contribution in [2.24, 2.45) is 0 Å². The van der Waals surface area contributed by atoms with Gasteiger partial charge in [-0.05, 0) is 36.2 Å². The van der Waals surface area contributed by atoms with Gasteiger partial charge in [0.15, 0.2) is 0 Å². The fraction of sp³-hybridized carbons (Fsp3) is 0.158. The third kappa shape index (κ3) is 3.71. The lowest BCUT2D eigenvalue weighted by molar-refractivity contribution is -0.147. The molecule has 3 aromatic rings. The maximum absolute atomic E-state index is 13.5. The number of hydrogen-bond acceptors (Lipinski definition) is 4. The first-order valence-corrected chi connectivity index (χ1v) is 8.09. The molecule has 1 amide bonds. The van der Waals surface area contributed by atoms with Crippen molar-refractivity contribution < 1.29 is 18.0 Å². The highest BCUT2D eigenvalue weighted by Gasteiger charge is 2.38. The Morgan fingerprint density at radius 3 is 2.64 bits per heavy atom. The van der Waals surface area contributed by atoms with Gasteiger partial charge in [-0.1, -0.05) is 24.3 Å². The van der Waals surface area contributed by atoms with Crippen LogP contribution in [-0.2, 0) is 17.4 Å². The molecule has 0 unspecified atom stereocenters. The molecule has 0 bridgehead atoms. The monoisotopic (exact) mass is 386 g/mol.